The van der Waals surface area contributed by atoms with Gasteiger partial charge < -0.3 is 15.4 Å². The molecule has 136 valence electrons. The Bertz CT molecular complexity index is 865. The molecule has 7 heteroatoms. The van der Waals surface area contributed by atoms with Crippen molar-refractivity contribution in [3.05, 3.63) is 52.5 Å². The number of nitrogens with one attached hydrogen (secondary N) is 2. The van der Waals surface area contributed by atoms with E-state index in [1.807, 2.05) is 0 Å². The lowest BCUT2D eigenvalue weighted by Crippen LogP contribution is -2.21. The number of ether oxygens (including phenoxy) is 1. The van der Waals surface area contributed by atoms with Gasteiger partial charge in [0.2, 0.25) is 5.91 Å². The Hall–Kier alpha value is -2.86. The van der Waals surface area contributed by atoms with Gasteiger partial charge in [-0.05, 0) is 49.7 Å². The SMILES string of the molecule is CC(=O)Nc1ccc(C(C)=O)cc1OCC(=O)Nc1cccc(Cl)c1C. The molecule has 2 N–H and O–H groups in total. The smallest absolute Gasteiger partial charge is 0.262 e. The molecular formula is C19H19ClN2O4. The first-order valence-corrected chi connectivity index (χ1v) is 8.26. The molecule has 0 aromatic heterocycles. The van der Waals surface area contributed by atoms with Gasteiger partial charge in [0.05, 0.1) is 5.69 Å². The Labute approximate surface area is 156 Å². The van der Waals surface area contributed by atoms with Gasteiger partial charge in [-0.25, -0.2) is 0 Å². The molecule has 0 heterocycles. The summed E-state index contributed by atoms with van der Waals surface area (Å²) in [4.78, 5) is 35.0. The van der Waals surface area contributed by atoms with E-state index in [1.54, 1.807) is 37.3 Å². The molecule has 2 rings (SSSR count). The molecule has 2 aromatic carbocycles. The molecule has 0 aliphatic heterocycles. The number of anilines is 2. The van der Waals surface area contributed by atoms with Crippen molar-refractivity contribution < 1.29 is 19.1 Å². The van der Waals surface area contributed by atoms with Gasteiger partial charge in [-0.3, -0.25) is 14.4 Å². The molecule has 2 amide bonds. The van der Waals surface area contributed by atoms with Crippen molar-refractivity contribution in [2.45, 2.75) is 20.8 Å². The summed E-state index contributed by atoms with van der Waals surface area (Å²) >= 11 is 6.03. The lowest BCUT2D eigenvalue weighted by Gasteiger charge is -2.14. The average Bonchev–Trinajstić information content (AvgIpc) is 2.57. The van der Waals surface area contributed by atoms with Gasteiger partial charge >= 0.3 is 0 Å². The van der Waals surface area contributed by atoms with Crippen molar-refractivity contribution >= 4 is 40.6 Å². The maximum absolute atomic E-state index is 12.2. The van der Waals surface area contributed by atoms with E-state index < -0.39 is 5.91 Å². The monoisotopic (exact) mass is 374 g/mol. The Morgan fingerprint density at radius 3 is 2.42 bits per heavy atom. The van der Waals surface area contributed by atoms with Crippen LogP contribution in [0, 0.1) is 6.92 Å². The van der Waals surface area contributed by atoms with Crippen LogP contribution in [0.15, 0.2) is 36.4 Å². The molecule has 0 unspecified atom stereocenters. The van der Waals surface area contributed by atoms with Crippen LogP contribution in [0.2, 0.25) is 5.02 Å². The van der Waals surface area contributed by atoms with Crippen LogP contribution in [-0.4, -0.2) is 24.2 Å². The number of hydrogen-bond donors (Lipinski definition) is 2. The number of rotatable bonds is 6. The maximum Gasteiger partial charge on any atom is 0.262 e. The third-order valence-corrected chi connectivity index (χ3v) is 4.01. The molecule has 26 heavy (non-hydrogen) atoms. The molecular weight excluding hydrogens is 356 g/mol. The Kier molecular flexibility index (Phi) is 6.36. The standard InChI is InChI=1S/C19H19ClN2O4/c1-11-15(20)5-4-6-16(11)22-19(25)10-26-18-9-14(12(2)23)7-8-17(18)21-13(3)24/h4-9H,10H2,1-3H3,(H,21,24)(H,22,25). The first-order chi connectivity index (χ1) is 12.3. The number of carbonyl (C=O) groups excluding carboxylic acids is 3. The highest BCUT2D eigenvalue weighted by Crippen LogP contribution is 2.27. The number of hydrogen-bond acceptors (Lipinski definition) is 4. The number of benzene rings is 2. The molecule has 0 bridgehead atoms. The predicted octanol–water partition coefficient (Wildman–Crippen LogP) is 3.83. The minimum Gasteiger partial charge on any atom is -0.482 e. The normalized spacial score (nSPS) is 10.2. The average molecular weight is 375 g/mol. The third-order valence-electron chi connectivity index (χ3n) is 3.60. The van der Waals surface area contributed by atoms with Gasteiger partial charge in [-0.1, -0.05) is 17.7 Å². The second kappa shape index (κ2) is 8.49. The summed E-state index contributed by atoms with van der Waals surface area (Å²) in [7, 11) is 0. The fourth-order valence-electron chi connectivity index (χ4n) is 2.23. The van der Waals surface area contributed by atoms with Gasteiger partial charge in [-0.2, -0.15) is 0 Å². The molecule has 0 fully saturated rings. The summed E-state index contributed by atoms with van der Waals surface area (Å²) in [5.41, 5.74) is 2.14. The molecule has 0 aliphatic carbocycles. The van der Waals surface area contributed by atoms with Crippen molar-refractivity contribution in [1.82, 2.24) is 0 Å². The maximum atomic E-state index is 12.2. The van der Waals surface area contributed by atoms with Gasteiger partial charge in [-0.15, -0.1) is 0 Å². The number of Topliss-reactive ketones (excluding diaryl/α,β-unsaturated/α-hetero) is 1. The summed E-state index contributed by atoms with van der Waals surface area (Å²) in [6.45, 7) is 4.28. The van der Waals surface area contributed by atoms with Crippen molar-refractivity contribution in [3.8, 4) is 5.75 Å². The predicted molar refractivity (Wildman–Crippen MR) is 101 cm³/mol. The third kappa shape index (κ3) is 5.07. The van der Waals surface area contributed by atoms with Crippen molar-refractivity contribution in [2.75, 3.05) is 17.2 Å². The van der Waals surface area contributed by atoms with Gasteiger partial charge in [0.15, 0.2) is 12.4 Å². The Morgan fingerprint density at radius 1 is 1.04 bits per heavy atom. The van der Waals surface area contributed by atoms with Crippen molar-refractivity contribution in [1.29, 1.82) is 0 Å². The van der Waals surface area contributed by atoms with Gasteiger partial charge in [0.25, 0.3) is 5.91 Å². The number of halogens is 1. The van der Waals surface area contributed by atoms with Crippen molar-refractivity contribution in [3.63, 3.8) is 0 Å². The topological polar surface area (TPSA) is 84.5 Å². The molecule has 0 atom stereocenters. The van der Waals surface area contributed by atoms with Crippen LogP contribution in [0.4, 0.5) is 11.4 Å². The fraction of sp³-hybridized carbons (Fsp3) is 0.211. The molecule has 0 saturated heterocycles. The molecule has 2 aromatic rings. The van der Waals surface area contributed by atoms with Crippen molar-refractivity contribution in [2.24, 2.45) is 0 Å². The van der Waals surface area contributed by atoms with E-state index in [0.29, 0.717) is 22.0 Å². The summed E-state index contributed by atoms with van der Waals surface area (Å²) in [5.74, 6) is -0.587. The second-order valence-electron chi connectivity index (χ2n) is 5.70. The van der Waals surface area contributed by atoms with E-state index in [4.69, 9.17) is 16.3 Å². The summed E-state index contributed by atoms with van der Waals surface area (Å²) in [5, 5.41) is 5.87. The molecule has 0 aliphatic rings. The zero-order valence-electron chi connectivity index (χ0n) is 14.7. The minimum absolute atomic E-state index is 0.150. The lowest BCUT2D eigenvalue weighted by atomic mass is 10.1. The van der Waals surface area contributed by atoms with Crippen LogP contribution < -0.4 is 15.4 Å². The number of ketones is 1. The van der Waals surface area contributed by atoms with Crippen LogP contribution in [0.3, 0.4) is 0 Å². The lowest BCUT2D eigenvalue weighted by molar-refractivity contribution is -0.118. The first kappa shape index (κ1) is 19.5. The van der Waals surface area contributed by atoms with E-state index in [0.717, 1.165) is 5.56 Å². The molecule has 0 spiro atoms. The van der Waals surface area contributed by atoms with E-state index >= 15 is 0 Å². The van der Waals surface area contributed by atoms with Gasteiger partial charge in [0, 0.05) is 23.2 Å². The van der Waals surface area contributed by atoms with Crippen LogP contribution in [0.5, 0.6) is 5.75 Å². The van der Waals surface area contributed by atoms with Gasteiger partial charge in [0.1, 0.15) is 5.75 Å². The fourth-order valence-corrected chi connectivity index (χ4v) is 2.40. The Morgan fingerprint density at radius 2 is 1.77 bits per heavy atom. The van der Waals surface area contributed by atoms with E-state index in [2.05, 4.69) is 10.6 Å². The number of amides is 2. The molecule has 0 radical (unpaired) electrons. The van der Waals surface area contributed by atoms with Crippen LogP contribution in [0.25, 0.3) is 0 Å². The highest BCUT2D eigenvalue weighted by atomic mass is 35.5. The molecule has 0 saturated carbocycles. The number of carbonyl (C=O) groups is 3. The molecule has 6 nitrogen and oxygen atoms in total. The van der Waals surface area contributed by atoms with Crippen LogP contribution in [-0.2, 0) is 9.59 Å². The highest BCUT2D eigenvalue weighted by Gasteiger charge is 2.12. The summed E-state index contributed by atoms with van der Waals surface area (Å²) in [6, 6.07) is 9.83. The highest BCUT2D eigenvalue weighted by molar-refractivity contribution is 6.31. The summed E-state index contributed by atoms with van der Waals surface area (Å²) in [6.07, 6.45) is 0. The second-order valence-corrected chi connectivity index (χ2v) is 6.10. The van der Waals surface area contributed by atoms with Crippen LogP contribution >= 0.6 is 11.6 Å². The van der Waals surface area contributed by atoms with E-state index in [9.17, 15) is 14.4 Å². The zero-order valence-corrected chi connectivity index (χ0v) is 15.4. The Balaban J connectivity index is 2.12. The van der Waals surface area contributed by atoms with E-state index in [1.165, 1.54) is 19.9 Å². The largest absolute Gasteiger partial charge is 0.482 e. The summed E-state index contributed by atoms with van der Waals surface area (Å²) < 4.78 is 5.52. The first-order valence-electron chi connectivity index (χ1n) is 7.88. The van der Waals surface area contributed by atoms with Crippen LogP contribution in [0.1, 0.15) is 29.8 Å². The van der Waals surface area contributed by atoms with E-state index in [-0.39, 0.29) is 24.0 Å². The minimum atomic E-state index is -0.391. The zero-order chi connectivity index (χ0) is 19.3. The quantitative estimate of drug-likeness (QED) is 0.752.